The summed E-state index contributed by atoms with van der Waals surface area (Å²) < 4.78 is 30.2. The van der Waals surface area contributed by atoms with Crippen molar-refractivity contribution in [3.05, 3.63) is 48.0 Å². The number of benzene rings is 2. The van der Waals surface area contributed by atoms with Crippen LogP contribution in [0.25, 0.3) is 0 Å². The van der Waals surface area contributed by atoms with Crippen LogP contribution in [-0.4, -0.2) is 33.8 Å². The fourth-order valence-corrected chi connectivity index (χ4v) is 4.33. The van der Waals surface area contributed by atoms with E-state index in [1.165, 1.54) is 25.1 Å². The molecule has 0 aromatic heterocycles. The molecule has 0 saturated heterocycles. The number of esters is 1. The van der Waals surface area contributed by atoms with Crippen LogP contribution in [0, 0.1) is 0 Å². The molecule has 0 unspecified atom stereocenters. The Labute approximate surface area is 139 Å². The van der Waals surface area contributed by atoms with E-state index >= 15 is 0 Å². The van der Waals surface area contributed by atoms with E-state index in [-0.39, 0.29) is 22.0 Å². The van der Waals surface area contributed by atoms with Gasteiger partial charge < -0.3 is 9.64 Å². The summed E-state index contributed by atoms with van der Waals surface area (Å²) in [6.45, 7) is 0.846. The minimum atomic E-state index is -3.64. The number of rotatable bonds is 3. The van der Waals surface area contributed by atoms with Crippen molar-refractivity contribution in [2.24, 2.45) is 0 Å². The van der Waals surface area contributed by atoms with Gasteiger partial charge in [-0.1, -0.05) is 12.1 Å². The Kier molecular flexibility index (Phi) is 3.88. The topological polar surface area (TPSA) is 80.8 Å². The molecule has 24 heavy (non-hydrogen) atoms. The number of carbonyl (C=O) groups excluding carboxylic acids is 2. The molecule has 0 saturated carbocycles. The van der Waals surface area contributed by atoms with Gasteiger partial charge in [0, 0.05) is 19.5 Å². The van der Waals surface area contributed by atoms with Crippen molar-refractivity contribution >= 4 is 33.0 Å². The third-order valence-electron chi connectivity index (χ3n) is 3.85. The van der Waals surface area contributed by atoms with Gasteiger partial charge in [0.25, 0.3) is 0 Å². The molecule has 2 aromatic carbocycles. The highest BCUT2D eigenvalue weighted by Gasteiger charge is 2.32. The highest BCUT2D eigenvalue weighted by Crippen LogP contribution is 2.43. The molecule has 0 bridgehead atoms. The van der Waals surface area contributed by atoms with E-state index in [1.807, 2.05) is 0 Å². The van der Waals surface area contributed by atoms with Gasteiger partial charge in [0.1, 0.15) is 0 Å². The van der Waals surface area contributed by atoms with Crippen molar-refractivity contribution in [3.8, 4) is 0 Å². The smallest absolute Gasteiger partial charge is 0.303 e. The molecular weight excluding hydrogens is 330 g/mol. The number of hydrogen-bond donors (Lipinski definition) is 0. The third kappa shape index (κ3) is 2.56. The SMILES string of the molecule is CC(=O)OCC(=O)c1ccc2c(c1)N(C)c1ccccc1S2(=O)=O. The molecular formula is C17H15NO5S. The lowest BCUT2D eigenvalue weighted by Crippen LogP contribution is -2.23. The molecule has 0 spiro atoms. The zero-order chi connectivity index (χ0) is 17.5. The maximum Gasteiger partial charge on any atom is 0.303 e. The summed E-state index contributed by atoms with van der Waals surface area (Å²) in [6, 6.07) is 11.1. The van der Waals surface area contributed by atoms with Gasteiger partial charge in [-0.2, -0.15) is 0 Å². The first-order chi connectivity index (χ1) is 11.3. The number of para-hydroxylation sites is 1. The van der Waals surface area contributed by atoms with E-state index < -0.39 is 21.6 Å². The predicted octanol–water partition coefficient (Wildman–Crippen LogP) is 2.35. The van der Waals surface area contributed by atoms with Gasteiger partial charge in [-0.3, -0.25) is 9.59 Å². The molecule has 0 amide bonds. The fraction of sp³-hybridized carbons (Fsp3) is 0.176. The minimum absolute atomic E-state index is 0.146. The first-order valence-electron chi connectivity index (χ1n) is 7.21. The molecule has 6 nitrogen and oxygen atoms in total. The van der Waals surface area contributed by atoms with Crippen LogP contribution in [0.15, 0.2) is 52.3 Å². The summed E-state index contributed by atoms with van der Waals surface area (Å²) >= 11 is 0. The number of sulfone groups is 1. The van der Waals surface area contributed by atoms with E-state index in [1.54, 1.807) is 36.2 Å². The van der Waals surface area contributed by atoms with Crippen LogP contribution in [0.1, 0.15) is 17.3 Å². The number of hydrogen-bond acceptors (Lipinski definition) is 6. The molecule has 7 heteroatoms. The summed E-state index contributed by atoms with van der Waals surface area (Å²) in [5, 5.41) is 0. The van der Waals surface area contributed by atoms with E-state index in [4.69, 9.17) is 4.74 Å². The van der Waals surface area contributed by atoms with Gasteiger partial charge >= 0.3 is 5.97 Å². The molecule has 124 valence electrons. The van der Waals surface area contributed by atoms with Crippen molar-refractivity contribution in [1.82, 2.24) is 0 Å². The van der Waals surface area contributed by atoms with Crippen LogP contribution < -0.4 is 4.90 Å². The number of ketones is 1. The number of carbonyl (C=O) groups is 2. The fourth-order valence-electron chi connectivity index (χ4n) is 2.64. The molecule has 0 atom stereocenters. The molecule has 0 fully saturated rings. The first-order valence-corrected chi connectivity index (χ1v) is 8.69. The van der Waals surface area contributed by atoms with E-state index in [9.17, 15) is 18.0 Å². The Morgan fingerprint density at radius 3 is 2.42 bits per heavy atom. The molecule has 0 radical (unpaired) electrons. The molecule has 2 aromatic rings. The second kappa shape index (κ2) is 5.76. The Balaban J connectivity index is 2.07. The zero-order valence-corrected chi connectivity index (χ0v) is 14.0. The van der Waals surface area contributed by atoms with E-state index in [0.717, 1.165) is 0 Å². The summed E-state index contributed by atoms with van der Waals surface area (Å²) in [6.07, 6.45) is 0. The number of fused-ring (bicyclic) bond motifs is 2. The van der Waals surface area contributed by atoms with Gasteiger partial charge in [-0.05, 0) is 30.3 Å². The quantitative estimate of drug-likeness (QED) is 0.627. The van der Waals surface area contributed by atoms with Crippen LogP contribution in [0.3, 0.4) is 0 Å². The van der Waals surface area contributed by atoms with Gasteiger partial charge in [0.2, 0.25) is 9.84 Å². The summed E-state index contributed by atoms with van der Waals surface area (Å²) in [5.41, 5.74) is 1.26. The molecule has 1 heterocycles. The average molecular weight is 345 g/mol. The van der Waals surface area contributed by atoms with Gasteiger partial charge in [0.15, 0.2) is 12.4 Å². The lowest BCUT2D eigenvalue weighted by atomic mass is 10.1. The molecule has 1 aliphatic rings. The molecule has 0 N–H and O–H groups in total. The Morgan fingerprint density at radius 2 is 1.71 bits per heavy atom. The van der Waals surface area contributed by atoms with E-state index in [0.29, 0.717) is 11.4 Å². The number of ether oxygens (including phenoxy) is 1. The third-order valence-corrected chi connectivity index (χ3v) is 5.70. The predicted molar refractivity (Wildman–Crippen MR) is 87.4 cm³/mol. The second-order valence-electron chi connectivity index (χ2n) is 5.42. The zero-order valence-electron chi connectivity index (χ0n) is 13.1. The second-order valence-corrected chi connectivity index (χ2v) is 7.30. The maximum absolute atomic E-state index is 12.8. The minimum Gasteiger partial charge on any atom is -0.457 e. The summed E-state index contributed by atoms with van der Waals surface area (Å²) in [4.78, 5) is 25.0. The number of Topliss-reactive ketones (excluding diaryl/α,β-unsaturated/α-hetero) is 1. The largest absolute Gasteiger partial charge is 0.457 e. The monoisotopic (exact) mass is 345 g/mol. The van der Waals surface area contributed by atoms with Crippen LogP contribution in [0.4, 0.5) is 11.4 Å². The van der Waals surface area contributed by atoms with Crippen molar-refractivity contribution < 1.29 is 22.7 Å². The molecule has 0 aliphatic carbocycles. The molecule has 3 rings (SSSR count). The maximum atomic E-state index is 12.8. The Hall–Kier alpha value is -2.67. The van der Waals surface area contributed by atoms with Gasteiger partial charge in [0.05, 0.1) is 21.2 Å². The summed E-state index contributed by atoms with van der Waals surface area (Å²) in [5.74, 6) is -0.937. The van der Waals surface area contributed by atoms with Crippen LogP contribution >= 0.6 is 0 Å². The highest BCUT2D eigenvalue weighted by molar-refractivity contribution is 7.92. The highest BCUT2D eigenvalue weighted by atomic mass is 32.2. The number of nitrogens with zero attached hydrogens (tertiary/aromatic N) is 1. The molecule has 1 aliphatic heterocycles. The lowest BCUT2D eigenvalue weighted by molar-refractivity contribution is -0.139. The van der Waals surface area contributed by atoms with Crippen molar-refractivity contribution in [2.45, 2.75) is 16.7 Å². The van der Waals surface area contributed by atoms with Crippen LogP contribution in [-0.2, 0) is 19.4 Å². The standard InChI is InChI=1S/C17H15NO5S/c1-11(19)23-10-15(20)12-7-8-17-14(9-12)18(2)13-5-3-4-6-16(13)24(17,21)22/h3-9H,10H2,1-2H3. The van der Waals surface area contributed by atoms with Crippen molar-refractivity contribution in [2.75, 3.05) is 18.6 Å². The van der Waals surface area contributed by atoms with Crippen molar-refractivity contribution in [3.63, 3.8) is 0 Å². The van der Waals surface area contributed by atoms with Gasteiger partial charge in [-0.25, -0.2) is 8.42 Å². The van der Waals surface area contributed by atoms with Crippen molar-refractivity contribution in [1.29, 1.82) is 0 Å². The Morgan fingerprint density at radius 1 is 1.04 bits per heavy atom. The average Bonchev–Trinajstić information content (AvgIpc) is 2.57. The number of anilines is 2. The normalized spacial score (nSPS) is 14.5. The van der Waals surface area contributed by atoms with Crippen LogP contribution in [0.2, 0.25) is 0 Å². The van der Waals surface area contributed by atoms with E-state index in [2.05, 4.69) is 0 Å². The summed E-state index contributed by atoms with van der Waals surface area (Å²) in [7, 11) is -1.90. The van der Waals surface area contributed by atoms with Gasteiger partial charge in [-0.15, -0.1) is 0 Å². The van der Waals surface area contributed by atoms with Crippen LogP contribution in [0.5, 0.6) is 0 Å². The lowest BCUT2D eigenvalue weighted by Gasteiger charge is -2.29. The first kappa shape index (κ1) is 16.2. The Bertz CT molecular complexity index is 949.